The van der Waals surface area contributed by atoms with Crippen molar-refractivity contribution in [3.63, 3.8) is 0 Å². The average molecular weight is 396 g/mol. The number of hydrogen-bond acceptors (Lipinski definition) is 3. The van der Waals surface area contributed by atoms with E-state index in [2.05, 4.69) is 31.5 Å². The number of anilines is 1. The van der Waals surface area contributed by atoms with Crippen LogP contribution in [0.3, 0.4) is 0 Å². The van der Waals surface area contributed by atoms with Crippen LogP contribution in [0.25, 0.3) is 0 Å². The molecule has 0 saturated carbocycles. The lowest BCUT2D eigenvalue weighted by atomic mass is 10.2. The summed E-state index contributed by atoms with van der Waals surface area (Å²) < 4.78 is 1.00. The summed E-state index contributed by atoms with van der Waals surface area (Å²) in [6.45, 7) is 5.78. The Bertz CT molecular complexity index is 584. The highest BCUT2D eigenvalue weighted by molar-refractivity contribution is 9.10. The van der Waals surface area contributed by atoms with Crippen LogP contribution in [0.15, 0.2) is 22.7 Å². The molecule has 5 nitrogen and oxygen atoms in total. The van der Waals surface area contributed by atoms with Gasteiger partial charge in [0.15, 0.2) is 0 Å². The molecule has 1 heterocycles. The second-order valence-corrected chi connectivity index (χ2v) is 7.21. The van der Waals surface area contributed by atoms with E-state index in [-0.39, 0.29) is 24.4 Å². The quantitative estimate of drug-likeness (QED) is 0.804. The fraction of sp³-hybridized carbons (Fsp3) is 0.556. The maximum absolute atomic E-state index is 12.3. The number of hydrogen-bond donors (Lipinski definition) is 2. The summed E-state index contributed by atoms with van der Waals surface area (Å²) in [4.78, 5) is 26.5. The van der Waals surface area contributed by atoms with Gasteiger partial charge >= 0.3 is 0 Å². The molecule has 1 aromatic carbocycles. The third-order valence-electron chi connectivity index (χ3n) is 4.43. The lowest BCUT2D eigenvalue weighted by Crippen LogP contribution is -2.47. The molecule has 0 bridgehead atoms. The topological polar surface area (TPSA) is 61.4 Å². The van der Waals surface area contributed by atoms with Gasteiger partial charge in [-0.25, -0.2) is 0 Å². The van der Waals surface area contributed by atoms with Crippen molar-refractivity contribution in [2.75, 3.05) is 25.0 Å². The average Bonchev–Trinajstić information content (AvgIpc) is 2.84. The van der Waals surface area contributed by atoms with Gasteiger partial charge in [-0.2, -0.15) is 0 Å². The third kappa shape index (κ3) is 5.60. The zero-order chi connectivity index (χ0) is 17.5. The van der Waals surface area contributed by atoms with Crippen LogP contribution in [0.4, 0.5) is 5.69 Å². The van der Waals surface area contributed by atoms with Crippen LogP contribution < -0.4 is 10.6 Å². The fourth-order valence-electron chi connectivity index (χ4n) is 2.89. The summed E-state index contributed by atoms with van der Waals surface area (Å²) in [5, 5.41) is 5.55. The smallest absolute Gasteiger partial charge is 0.243 e. The Morgan fingerprint density at radius 3 is 2.50 bits per heavy atom. The van der Waals surface area contributed by atoms with E-state index in [0.717, 1.165) is 41.7 Å². The van der Waals surface area contributed by atoms with Gasteiger partial charge in [0.05, 0.1) is 12.6 Å². The predicted octanol–water partition coefficient (Wildman–Crippen LogP) is 3.08. The van der Waals surface area contributed by atoms with Crippen molar-refractivity contribution < 1.29 is 9.59 Å². The van der Waals surface area contributed by atoms with Gasteiger partial charge < -0.3 is 10.6 Å². The molecule has 1 fully saturated rings. The maximum Gasteiger partial charge on any atom is 0.243 e. The molecular formula is C18H26BrN3O2. The van der Waals surface area contributed by atoms with Crippen molar-refractivity contribution in [2.45, 2.75) is 45.6 Å². The van der Waals surface area contributed by atoms with Crippen molar-refractivity contribution in [1.82, 2.24) is 10.2 Å². The molecule has 1 aliphatic heterocycles. The van der Waals surface area contributed by atoms with Crippen LogP contribution in [-0.4, -0.2) is 42.4 Å². The van der Waals surface area contributed by atoms with Crippen molar-refractivity contribution >= 4 is 33.4 Å². The van der Waals surface area contributed by atoms with E-state index in [0.29, 0.717) is 0 Å². The Morgan fingerprint density at radius 2 is 1.88 bits per heavy atom. The molecule has 2 rings (SSSR count). The Kier molecular flexibility index (Phi) is 7.24. The first-order valence-electron chi connectivity index (χ1n) is 8.55. The molecule has 1 aromatic rings. The first kappa shape index (κ1) is 18.9. The largest absolute Gasteiger partial charge is 0.346 e. The van der Waals surface area contributed by atoms with Gasteiger partial charge in [-0.05, 0) is 63.5 Å². The number of nitrogens with zero attached hydrogens (tertiary/aromatic N) is 1. The predicted molar refractivity (Wildman–Crippen MR) is 100 cm³/mol. The van der Waals surface area contributed by atoms with Gasteiger partial charge in [0.25, 0.3) is 0 Å². The van der Waals surface area contributed by atoms with E-state index in [1.165, 1.54) is 12.8 Å². The molecule has 0 radical (unpaired) electrons. The SMILES string of the molecule is Cc1cc(NC(=O)CNC(=O)C(C)N2CCCCCC2)ccc1Br. The Morgan fingerprint density at radius 1 is 1.21 bits per heavy atom. The highest BCUT2D eigenvalue weighted by atomic mass is 79.9. The second kappa shape index (κ2) is 9.18. The lowest BCUT2D eigenvalue weighted by molar-refractivity contribution is -0.128. The van der Waals surface area contributed by atoms with Gasteiger partial charge in [-0.15, -0.1) is 0 Å². The van der Waals surface area contributed by atoms with Gasteiger partial charge in [0.1, 0.15) is 0 Å². The number of amides is 2. The van der Waals surface area contributed by atoms with E-state index in [9.17, 15) is 9.59 Å². The first-order chi connectivity index (χ1) is 11.5. The van der Waals surface area contributed by atoms with Crippen LogP contribution in [0.1, 0.15) is 38.2 Å². The number of carbonyl (C=O) groups is 2. The minimum atomic E-state index is -0.215. The monoisotopic (exact) mass is 395 g/mol. The third-order valence-corrected chi connectivity index (χ3v) is 5.32. The number of aryl methyl sites for hydroxylation is 1. The molecule has 1 atom stereocenters. The van der Waals surface area contributed by atoms with E-state index < -0.39 is 0 Å². The van der Waals surface area contributed by atoms with Crippen molar-refractivity contribution in [3.8, 4) is 0 Å². The maximum atomic E-state index is 12.3. The zero-order valence-corrected chi connectivity index (χ0v) is 16.0. The van der Waals surface area contributed by atoms with E-state index in [1.54, 1.807) is 0 Å². The summed E-state index contributed by atoms with van der Waals surface area (Å²) in [7, 11) is 0. The van der Waals surface area contributed by atoms with Crippen LogP contribution in [0.5, 0.6) is 0 Å². The normalized spacial score (nSPS) is 17.0. The summed E-state index contributed by atoms with van der Waals surface area (Å²) in [6, 6.07) is 5.43. The lowest BCUT2D eigenvalue weighted by Gasteiger charge is -2.26. The molecule has 0 aliphatic carbocycles. The number of likely N-dealkylation sites (tertiary alicyclic amines) is 1. The minimum Gasteiger partial charge on any atom is -0.346 e. The number of benzene rings is 1. The molecule has 6 heteroatoms. The summed E-state index contributed by atoms with van der Waals surface area (Å²) >= 11 is 3.43. The van der Waals surface area contributed by atoms with E-state index in [4.69, 9.17) is 0 Å². The molecule has 2 N–H and O–H groups in total. The van der Waals surface area contributed by atoms with Gasteiger partial charge in [0, 0.05) is 10.2 Å². The van der Waals surface area contributed by atoms with Crippen molar-refractivity contribution in [1.29, 1.82) is 0 Å². The zero-order valence-electron chi connectivity index (χ0n) is 14.4. The molecule has 1 saturated heterocycles. The minimum absolute atomic E-state index is 0.00781. The molecule has 1 unspecified atom stereocenters. The molecule has 2 amide bonds. The van der Waals surface area contributed by atoms with Crippen LogP contribution in [0.2, 0.25) is 0 Å². The molecule has 24 heavy (non-hydrogen) atoms. The van der Waals surface area contributed by atoms with Gasteiger partial charge in [-0.1, -0.05) is 28.8 Å². The van der Waals surface area contributed by atoms with Gasteiger partial charge in [0.2, 0.25) is 11.8 Å². The molecule has 0 spiro atoms. The number of halogens is 1. The molecule has 1 aliphatic rings. The standard InChI is InChI=1S/C18H26BrN3O2/c1-13-11-15(7-8-16(13)19)21-17(23)12-20-18(24)14(2)22-9-5-3-4-6-10-22/h7-8,11,14H,3-6,9-10,12H2,1-2H3,(H,20,24)(H,21,23). The van der Waals surface area contributed by atoms with Crippen molar-refractivity contribution in [3.05, 3.63) is 28.2 Å². The Balaban J connectivity index is 1.79. The number of nitrogens with one attached hydrogen (secondary N) is 2. The molecule has 0 aromatic heterocycles. The number of rotatable bonds is 5. The Labute approximate surface area is 152 Å². The van der Waals surface area contributed by atoms with E-state index in [1.807, 2.05) is 32.0 Å². The second-order valence-electron chi connectivity index (χ2n) is 6.36. The fourth-order valence-corrected chi connectivity index (χ4v) is 3.14. The highest BCUT2D eigenvalue weighted by Crippen LogP contribution is 2.19. The Hall–Kier alpha value is -1.40. The summed E-state index contributed by atoms with van der Waals surface area (Å²) in [5.41, 5.74) is 1.78. The molecular weight excluding hydrogens is 370 g/mol. The summed E-state index contributed by atoms with van der Waals surface area (Å²) in [6.07, 6.45) is 4.75. The first-order valence-corrected chi connectivity index (χ1v) is 9.34. The van der Waals surface area contributed by atoms with Crippen LogP contribution in [0, 0.1) is 6.92 Å². The summed E-state index contributed by atoms with van der Waals surface area (Å²) in [5.74, 6) is -0.299. The number of carbonyl (C=O) groups excluding carboxylic acids is 2. The highest BCUT2D eigenvalue weighted by Gasteiger charge is 2.22. The van der Waals surface area contributed by atoms with Crippen LogP contribution in [-0.2, 0) is 9.59 Å². The van der Waals surface area contributed by atoms with E-state index >= 15 is 0 Å². The van der Waals surface area contributed by atoms with Crippen LogP contribution >= 0.6 is 15.9 Å². The molecule has 132 valence electrons. The van der Waals surface area contributed by atoms with Crippen molar-refractivity contribution in [2.24, 2.45) is 0 Å². The van der Waals surface area contributed by atoms with Gasteiger partial charge in [-0.3, -0.25) is 14.5 Å².